The molecule has 1 fully saturated rings. The zero-order chi connectivity index (χ0) is 15.1. The highest BCUT2D eigenvalue weighted by molar-refractivity contribution is 7.91. The second-order valence-electron chi connectivity index (χ2n) is 4.74. The first-order valence-corrected chi connectivity index (χ1v) is 8.56. The van der Waals surface area contributed by atoms with Gasteiger partial charge in [-0.25, -0.2) is 8.42 Å². The summed E-state index contributed by atoms with van der Waals surface area (Å²) in [5.41, 5.74) is 5.20. The molecule has 2 atom stereocenters. The van der Waals surface area contributed by atoms with Gasteiger partial charge in [0.25, 0.3) is 15.7 Å². The molecule has 1 aliphatic heterocycles. The first-order chi connectivity index (χ1) is 9.27. The van der Waals surface area contributed by atoms with Crippen LogP contribution in [-0.2, 0) is 10.0 Å². The third kappa shape index (κ3) is 2.68. The van der Waals surface area contributed by atoms with E-state index >= 15 is 0 Å². The van der Waals surface area contributed by atoms with Gasteiger partial charge < -0.3 is 5.73 Å². The van der Waals surface area contributed by atoms with Crippen molar-refractivity contribution in [1.29, 1.82) is 0 Å². The summed E-state index contributed by atoms with van der Waals surface area (Å²) < 4.78 is 26.1. The predicted molar refractivity (Wildman–Crippen MR) is 76.5 cm³/mol. The van der Waals surface area contributed by atoms with Crippen LogP contribution in [0.5, 0.6) is 0 Å². The van der Waals surface area contributed by atoms with Gasteiger partial charge in [0.05, 0.1) is 4.92 Å². The molecule has 0 saturated carbocycles. The number of nitrogens with two attached hydrogens (primary N) is 1. The van der Waals surface area contributed by atoms with E-state index < -0.39 is 14.9 Å². The molecule has 2 unspecified atom stereocenters. The van der Waals surface area contributed by atoms with E-state index in [-0.39, 0.29) is 26.2 Å². The number of hydrogen-bond acceptors (Lipinski definition) is 6. The molecule has 112 valence electrons. The van der Waals surface area contributed by atoms with Crippen molar-refractivity contribution in [2.75, 3.05) is 13.1 Å². The van der Waals surface area contributed by atoms with Crippen molar-refractivity contribution in [2.45, 2.75) is 23.6 Å². The maximum Gasteiger partial charge on any atom is 0.300 e. The summed E-state index contributed by atoms with van der Waals surface area (Å²) in [5.74, 6) is 0.116. The molecular weight excluding hydrogens is 326 g/mol. The number of rotatable bonds is 4. The van der Waals surface area contributed by atoms with Crippen molar-refractivity contribution in [3.63, 3.8) is 0 Å². The van der Waals surface area contributed by atoms with Crippen LogP contribution in [0.15, 0.2) is 10.3 Å². The van der Waals surface area contributed by atoms with Gasteiger partial charge in [-0.15, -0.1) is 11.3 Å². The largest absolute Gasteiger partial charge is 0.330 e. The van der Waals surface area contributed by atoms with Crippen LogP contribution in [0.25, 0.3) is 0 Å². The van der Waals surface area contributed by atoms with Crippen LogP contribution in [0.4, 0.5) is 5.69 Å². The second-order valence-corrected chi connectivity index (χ2v) is 8.51. The van der Waals surface area contributed by atoms with Crippen LogP contribution < -0.4 is 5.73 Å². The Bertz CT molecular complexity index is 630. The number of hydrogen-bond donors (Lipinski definition) is 1. The fraction of sp³-hybridized carbons (Fsp3) is 0.600. The van der Waals surface area contributed by atoms with Gasteiger partial charge in [-0.1, -0.05) is 11.6 Å². The Labute approximate surface area is 125 Å². The lowest BCUT2D eigenvalue weighted by atomic mass is 10.1. The zero-order valence-electron chi connectivity index (χ0n) is 10.7. The van der Waals surface area contributed by atoms with Crippen molar-refractivity contribution in [1.82, 2.24) is 4.31 Å². The number of nitrogens with zero attached hydrogens (tertiary/aromatic N) is 2. The monoisotopic (exact) mass is 339 g/mol. The zero-order valence-corrected chi connectivity index (χ0v) is 13.0. The van der Waals surface area contributed by atoms with Gasteiger partial charge in [-0.05, 0) is 25.8 Å². The predicted octanol–water partition coefficient (Wildman–Crippen LogP) is 1.67. The minimum atomic E-state index is -3.76. The first kappa shape index (κ1) is 15.6. The van der Waals surface area contributed by atoms with E-state index in [1.54, 1.807) is 6.92 Å². The number of nitro groups is 1. The second kappa shape index (κ2) is 5.57. The molecular formula is C10H14ClN3O4S2. The van der Waals surface area contributed by atoms with Crippen molar-refractivity contribution in [3.8, 4) is 0 Å². The molecule has 1 saturated heterocycles. The highest BCUT2D eigenvalue weighted by atomic mass is 35.5. The quantitative estimate of drug-likeness (QED) is 0.663. The molecule has 2 N–H and O–H groups in total. The summed E-state index contributed by atoms with van der Waals surface area (Å²) in [5, 5.41) is 10.7. The lowest BCUT2D eigenvalue weighted by molar-refractivity contribution is -0.384. The number of halogens is 1. The molecule has 0 radical (unpaired) electrons. The van der Waals surface area contributed by atoms with E-state index in [4.69, 9.17) is 17.3 Å². The van der Waals surface area contributed by atoms with E-state index in [1.807, 2.05) is 0 Å². The molecule has 0 aliphatic carbocycles. The maximum absolute atomic E-state index is 12.5. The van der Waals surface area contributed by atoms with Crippen LogP contribution in [0.3, 0.4) is 0 Å². The Hall–Kier alpha value is -0.740. The highest BCUT2D eigenvalue weighted by Gasteiger charge is 2.39. The van der Waals surface area contributed by atoms with Crippen molar-refractivity contribution < 1.29 is 13.3 Å². The Morgan fingerprint density at radius 1 is 1.65 bits per heavy atom. The molecule has 7 nitrogen and oxygen atoms in total. The minimum absolute atomic E-state index is 0.0984. The normalized spacial score (nSPS) is 24.1. The van der Waals surface area contributed by atoms with Crippen molar-refractivity contribution in [3.05, 3.63) is 20.5 Å². The third-order valence-electron chi connectivity index (χ3n) is 3.34. The van der Waals surface area contributed by atoms with E-state index in [0.29, 0.717) is 30.8 Å². The van der Waals surface area contributed by atoms with E-state index in [9.17, 15) is 18.5 Å². The first-order valence-electron chi connectivity index (χ1n) is 5.93. The van der Waals surface area contributed by atoms with Gasteiger partial charge in [0.15, 0.2) is 4.34 Å². The molecule has 0 spiro atoms. The fourth-order valence-corrected chi connectivity index (χ4v) is 5.83. The van der Waals surface area contributed by atoms with Crippen LogP contribution in [0.1, 0.15) is 13.3 Å². The summed E-state index contributed by atoms with van der Waals surface area (Å²) in [4.78, 5) is 10.1. The summed E-state index contributed by atoms with van der Waals surface area (Å²) in [6.45, 7) is 2.56. The summed E-state index contributed by atoms with van der Waals surface area (Å²) in [7, 11) is -3.76. The van der Waals surface area contributed by atoms with Gasteiger partial charge in [-0.2, -0.15) is 4.31 Å². The Kier molecular flexibility index (Phi) is 4.35. The molecule has 10 heteroatoms. The molecule has 0 amide bonds. The van der Waals surface area contributed by atoms with Gasteiger partial charge in [0.1, 0.15) is 4.21 Å². The Morgan fingerprint density at radius 2 is 2.30 bits per heavy atom. The SMILES string of the molecule is CC1CC(CN)CN1S(=O)(=O)c1cc([N+](=O)[O-])c(Cl)s1. The van der Waals surface area contributed by atoms with Crippen LogP contribution in [-0.4, -0.2) is 36.8 Å². The lowest BCUT2D eigenvalue weighted by Gasteiger charge is -2.19. The number of sulfonamides is 1. The van der Waals surface area contributed by atoms with E-state index in [0.717, 1.165) is 6.07 Å². The van der Waals surface area contributed by atoms with Crippen LogP contribution in [0.2, 0.25) is 4.34 Å². The third-order valence-corrected chi connectivity index (χ3v) is 7.11. The van der Waals surface area contributed by atoms with Crippen molar-refractivity contribution >= 4 is 38.6 Å². The molecule has 2 heterocycles. The highest BCUT2D eigenvalue weighted by Crippen LogP contribution is 2.39. The molecule has 1 aliphatic rings. The van der Waals surface area contributed by atoms with Gasteiger partial charge in [0, 0.05) is 18.7 Å². The summed E-state index contributed by atoms with van der Waals surface area (Å²) in [6.07, 6.45) is 0.691. The van der Waals surface area contributed by atoms with Crippen molar-refractivity contribution in [2.24, 2.45) is 11.7 Å². The Balaban J connectivity index is 2.36. The van der Waals surface area contributed by atoms with Gasteiger partial charge in [-0.3, -0.25) is 10.1 Å². The fourth-order valence-electron chi connectivity index (χ4n) is 2.32. The van der Waals surface area contributed by atoms with Gasteiger partial charge >= 0.3 is 0 Å². The molecule has 1 aromatic rings. The number of thiophene rings is 1. The Morgan fingerprint density at radius 3 is 2.75 bits per heavy atom. The average Bonchev–Trinajstić information content (AvgIpc) is 2.93. The topological polar surface area (TPSA) is 107 Å². The van der Waals surface area contributed by atoms with E-state index in [2.05, 4.69) is 0 Å². The molecule has 1 aromatic heterocycles. The standard InChI is InChI=1S/C10H14ClN3O4S2/c1-6-2-7(4-12)5-13(6)20(17,18)9-3-8(14(15)16)10(11)19-9/h3,6-7H,2,4-5,12H2,1H3. The van der Waals surface area contributed by atoms with E-state index in [1.165, 1.54) is 4.31 Å². The molecule has 0 aromatic carbocycles. The molecule has 0 bridgehead atoms. The van der Waals surface area contributed by atoms with Gasteiger partial charge in [0.2, 0.25) is 0 Å². The smallest absolute Gasteiger partial charge is 0.300 e. The van der Waals surface area contributed by atoms with Crippen LogP contribution in [0, 0.1) is 16.0 Å². The minimum Gasteiger partial charge on any atom is -0.330 e. The summed E-state index contributed by atoms with van der Waals surface area (Å²) in [6, 6.07) is 0.846. The molecule has 2 rings (SSSR count). The molecule has 20 heavy (non-hydrogen) atoms. The lowest BCUT2D eigenvalue weighted by Crippen LogP contribution is -2.34. The average molecular weight is 340 g/mol. The summed E-state index contributed by atoms with van der Waals surface area (Å²) >= 11 is 6.43. The van der Waals surface area contributed by atoms with Crippen LogP contribution >= 0.6 is 22.9 Å². The maximum atomic E-state index is 12.5.